The second kappa shape index (κ2) is 6.76. The summed E-state index contributed by atoms with van der Waals surface area (Å²) in [5, 5.41) is 3.45. The first kappa shape index (κ1) is 13.4. The van der Waals surface area contributed by atoms with Crippen molar-refractivity contribution in [2.75, 3.05) is 39.8 Å². The maximum Gasteiger partial charge on any atom is 0.119 e. The number of benzene rings is 1. The zero-order valence-corrected chi connectivity index (χ0v) is 11.5. The highest BCUT2D eigenvalue weighted by molar-refractivity contribution is 5.30. The molecule has 0 spiro atoms. The molecule has 2 rings (SSSR count). The van der Waals surface area contributed by atoms with Crippen LogP contribution >= 0.6 is 0 Å². The van der Waals surface area contributed by atoms with Crippen molar-refractivity contribution in [3.8, 4) is 5.75 Å². The van der Waals surface area contributed by atoms with Crippen LogP contribution in [0.5, 0.6) is 5.75 Å². The fourth-order valence-corrected chi connectivity index (χ4v) is 2.52. The van der Waals surface area contributed by atoms with Crippen LogP contribution in [0.2, 0.25) is 0 Å². The van der Waals surface area contributed by atoms with Gasteiger partial charge in [-0.15, -0.1) is 0 Å². The lowest BCUT2D eigenvalue weighted by Gasteiger charge is -2.24. The van der Waals surface area contributed by atoms with Gasteiger partial charge in [-0.1, -0.05) is 19.1 Å². The van der Waals surface area contributed by atoms with E-state index in [1.165, 1.54) is 18.5 Å². The number of hydrogen-bond donors (Lipinski definition) is 1. The van der Waals surface area contributed by atoms with Gasteiger partial charge in [0, 0.05) is 19.6 Å². The molecule has 1 aromatic rings. The van der Waals surface area contributed by atoms with Gasteiger partial charge in [0.2, 0.25) is 0 Å². The van der Waals surface area contributed by atoms with Gasteiger partial charge < -0.3 is 15.0 Å². The summed E-state index contributed by atoms with van der Waals surface area (Å²) in [6.45, 7) is 8.08. The van der Waals surface area contributed by atoms with Crippen LogP contribution in [0.1, 0.15) is 24.8 Å². The maximum atomic E-state index is 5.29. The minimum Gasteiger partial charge on any atom is -0.497 e. The van der Waals surface area contributed by atoms with Gasteiger partial charge in [0.25, 0.3) is 0 Å². The molecule has 0 amide bonds. The lowest BCUT2D eigenvalue weighted by atomic mass is 10.0. The highest BCUT2D eigenvalue weighted by Crippen LogP contribution is 2.21. The molecule has 1 atom stereocenters. The normalized spacial score (nSPS) is 19.2. The average molecular weight is 248 g/mol. The molecule has 1 saturated heterocycles. The molecule has 0 bridgehead atoms. The first-order valence-electron chi connectivity index (χ1n) is 6.86. The van der Waals surface area contributed by atoms with Crippen molar-refractivity contribution < 1.29 is 4.74 Å². The molecule has 0 saturated carbocycles. The van der Waals surface area contributed by atoms with Gasteiger partial charge >= 0.3 is 0 Å². The molecule has 1 heterocycles. The Morgan fingerprint density at radius 1 is 1.33 bits per heavy atom. The Labute approximate surface area is 110 Å². The molecule has 0 aliphatic carbocycles. The molecule has 1 unspecified atom stereocenters. The van der Waals surface area contributed by atoms with Crippen LogP contribution in [0.25, 0.3) is 0 Å². The summed E-state index contributed by atoms with van der Waals surface area (Å²) in [6, 6.07) is 8.44. The molecular formula is C15H24N2O. The van der Waals surface area contributed by atoms with Crippen LogP contribution < -0.4 is 10.1 Å². The van der Waals surface area contributed by atoms with Crippen LogP contribution in [-0.4, -0.2) is 44.7 Å². The molecular weight excluding hydrogens is 224 g/mol. The number of nitrogens with zero attached hydrogens (tertiary/aromatic N) is 1. The zero-order chi connectivity index (χ0) is 12.8. The van der Waals surface area contributed by atoms with Crippen molar-refractivity contribution in [3.63, 3.8) is 0 Å². The zero-order valence-electron chi connectivity index (χ0n) is 11.5. The van der Waals surface area contributed by atoms with Crippen molar-refractivity contribution in [1.82, 2.24) is 10.2 Å². The van der Waals surface area contributed by atoms with E-state index >= 15 is 0 Å². The third kappa shape index (κ3) is 3.72. The first-order chi connectivity index (χ1) is 8.79. The molecule has 0 aromatic heterocycles. The Balaban J connectivity index is 1.95. The first-order valence-corrected chi connectivity index (χ1v) is 6.86. The van der Waals surface area contributed by atoms with Gasteiger partial charge in [0.05, 0.1) is 7.11 Å². The second-order valence-electron chi connectivity index (χ2n) is 5.08. The van der Waals surface area contributed by atoms with Gasteiger partial charge in [-0.05, 0) is 43.1 Å². The fourth-order valence-electron chi connectivity index (χ4n) is 2.52. The number of hydrogen-bond acceptors (Lipinski definition) is 3. The van der Waals surface area contributed by atoms with Gasteiger partial charge in [-0.25, -0.2) is 0 Å². The van der Waals surface area contributed by atoms with E-state index in [0.717, 1.165) is 31.9 Å². The van der Waals surface area contributed by atoms with E-state index < -0.39 is 0 Å². The SMILES string of the molecule is COc1cccc(C(C)CN2CCCNCC2)c1. The topological polar surface area (TPSA) is 24.5 Å². The average Bonchev–Trinajstić information content (AvgIpc) is 2.67. The lowest BCUT2D eigenvalue weighted by Crippen LogP contribution is -2.31. The Morgan fingerprint density at radius 2 is 2.22 bits per heavy atom. The van der Waals surface area contributed by atoms with E-state index in [4.69, 9.17) is 4.74 Å². The highest BCUT2D eigenvalue weighted by Gasteiger charge is 2.13. The van der Waals surface area contributed by atoms with Crippen molar-refractivity contribution in [2.45, 2.75) is 19.3 Å². The quantitative estimate of drug-likeness (QED) is 0.883. The number of ether oxygens (including phenoxy) is 1. The minimum atomic E-state index is 0.554. The number of nitrogens with one attached hydrogen (secondary N) is 1. The summed E-state index contributed by atoms with van der Waals surface area (Å²) in [5.74, 6) is 1.51. The highest BCUT2D eigenvalue weighted by atomic mass is 16.5. The third-order valence-electron chi connectivity index (χ3n) is 3.63. The Bertz CT molecular complexity index is 359. The Morgan fingerprint density at radius 3 is 3.06 bits per heavy atom. The summed E-state index contributed by atoms with van der Waals surface area (Å²) in [7, 11) is 1.73. The van der Waals surface area contributed by atoms with Gasteiger partial charge in [0.1, 0.15) is 5.75 Å². The maximum absolute atomic E-state index is 5.29. The van der Waals surface area contributed by atoms with Gasteiger partial charge in [-0.3, -0.25) is 0 Å². The van der Waals surface area contributed by atoms with E-state index in [1.54, 1.807) is 7.11 Å². The summed E-state index contributed by atoms with van der Waals surface area (Å²) < 4.78 is 5.29. The van der Waals surface area contributed by atoms with E-state index in [1.807, 2.05) is 6.07 Å². The molecule has 3 nitrogen and oxygen atoms in total. The summed E-state index contributed by atoms with van der Waals surface area (Å²) in [6.07, 6.45) is 1.25. The summed E-state index contributed by atoms with van der Waals surface area (Å²) >= 11 is 0. The Kier molecular flexibility index (Phi) is 5.02. The molecule has 0 radical (unpaired) electrons. The predicted molar refractivity (Wildman–Crippen MR) is 75.3 cm³/mol. The van der Waals surface area contributed by atoms with Crippen molar-refractivity contribution in [3.05, 3.63) is 29.8 Å². The predicted octanol–water partition coefficient (Wildman–Crippen LogP) is 2.09. The lowest BCUT2D eigenvalue weighted by molar-refractivity contribution is 0.278. The van der Waals surface area contributed by atoms with Crippen molar-refractivity contribution >= 4 is 0 Å². The van der Waals surface area contributed by atoms with E-state index in [-0.39, 0.29) is 0 Å². The number of rotatable bonds is 4. The van der Waals surface area contributed by atoms with E-state index in [9.17, 15) is 0 Å². The van der Waals surface area contributed by atoms with Crippen LogP contribution in [0.3, 0.4) is 0 Å². The molecule has 1 aliphatic rings. The largest absolute Gasteiger partial charge is 0.497 e. The van der Waals surface area contributed by atoms with E-state index in [2.05, 4.69) is 35.3 Å². The monoisotopic (exact) mass is 248 g/mol. The number of methoxy groups -OCH3 is 1. The Hall–Kier alpha value is -1.06. The molecule has 18 heavy (non-hydrogen) atoms. The molecule has 1 N–H and O–H groups in total. The van der Waals surface area contributed by atoms with Crippen LogP contribution in [-0.2, 0) is 0 Å². The molecule has 1 aromatic carbocycles. The smallest absolute Gasteiger partial charge is 0.119 e. The molecule has 1 aliphatic heterocycles. The summed E-state index contributed by atoms with van der Waals surface area (Å²) in [4.78, 5) is 2.56. The molecule has 100 valence electrons. The van der Waals surface area contributed by atoms with Crippen LogP contribution in [0.15, 0.2) is 24.3 Å². The van der Waals surface area contributed by atoms with Gasteiger partial charge in [-0.2, -0.15) is 0 Å². The third-order valence-corrected chi connectivity index (χ3v) is 3.63. The van der Waals surface area contributed by atoms with Crippen molar-refractivity contribution in [1.29, 1.82) is 0 Å². The molecule has 1 fully saturated rings. The van der Waals surface area contributed by atoms with Gasteiger partial charge in [0.15, 0.2) is 0 Å². The standard InChI is InChI=1S/C15H24N2O/c1-13(12-17-9-4-7-16-8-10-17)14-5-3-6-15(11-14)18-2/h3,5-6,11,13,16H,4,7-10,12H2,1-2H3. The van der Waals surface area contributed by atoms with Crippen LogP contribution in [0.4, 0.5) is 0 Å². The molecule has 3 heteroatoms. The van der Waals surface area contributed by atoms with Crippen molar-refractivity contribution in [2.24, 2.45) is 0 Å². The fraction of sp³-hybridized carbons (Fsp3) is 0.600. The second-order valence-corrected chi connectivity index (χ2v) is 5.08. The van der Waals surface area contributed by atoms with E-state index in [0.29, 0.717) is 5.92 Å². The summed E-state index contributed by atoms with van der Waals surface area (Å²) in [5.41, 5.74) is 1.37. The van der Waals surface area contributed by atoms with Crippen LogP contribution in [0, 0.1) is 0 Å². The minimum absolute atomic E-state index is 0.554.